The van der Waals surface area contributed by atoms with Gasteiger partial charge in [0.15, 0.2) is 23.0 Å². The van der Waals surface area contributed by atoms with Crippen LogP contribution < -0.4 is 74.5 Å². The van der Waals surface area contributed by atoms with Gasteiger partial charge in [-0.3, -0.25) is 4.98 Å². The number of rotatable bonds is 35. The molecule has 13 heterocycles. The van der Waals surface area contributed by atoms with Gasteiger partial charge in [-0.2, -0.15) is 80.2 Å². The SMILES string of the molecule is C(=N\Nc1nc(OCCc2ccccn2)nc(N2CCOCC2)n1)/c1c[nH]c2ccccc12.C1=C(/C=N/Nc2nc(OCCn3ccnc3)nc(N3CCOCC3)n2)c2ccccc2C1.COc1cc(CCOc2nc(N/N=C/c3c[nH]c4ccccc34)nc(N3CCOCC3)n2)ccc1O.COc1ccc(CCOc2nc(N/N=C/c3c[nH]c4ccccc34)nc(N3CCOCC3)n2)cc1OC. The Morgan fingerprint density at radius 1 is 0.399 bits per heavy atom. The van der Waals surface area contributed by atoms with Gasteiger partial charge in [0.1, 0.15) is 6.61 Å². The normalized spacial score (nSPS) is 14.3. The number of hydrogen-bond acceptors (Lipinski definition) is 38. The van der Waals surface area contributed by atoms with Gasteiger partial charge in [0.2, 0.25) is 23.8 Å². The van der Waals surface area contributed by atoms with Crippen LogP contribution in [0.4, 0.5) is 47.6 Å². The fourth-order valence-corrected chi connectivity index (χ4v) is 15.0. The van der Waals surface area contributed by atoms with Gasteiger partial charge in [0, 0.05) is 164 Å². The van der Waals surface area contributed by atoms with Crippen LogP contribution in [0.15, 0.2) is 222 Å². The fraction of sp³-hybridized carbons (Fsp3) is 0.292. The molecule has 5 aliphatic rings. The van der Waals surface area contributed by atoms with Crippen LogP contribution >= 0.6 is 0 Å². The van der Waals surface area contributed by atoms with E-state index in [0.29, 0.717) is 216 Å². The number of nitrogens with zero attached hydrogens (tertiary/aromatic N) is 23. The molecule has 42 nitrogen and oxygen atoms in total. The number of aromatic hydroxyl groups is 1. The summed E-state index contributed by atoms with van der Waals surface area (Å²) < 4.78 is 63.1. The average Bonchev–Trinajstić information content (AvgIpc) is 1.56. The van der Waals surface area contributed by atoms with E-state index in [9.17, 15) is 5.11 Å². The molecule has 0 unspecified atom stereocenters. The van der Waals surface area contributed by atoms with Crippen molar-refractivity contribution in [3.05, 3.63) is 246 Å². The Kier molecular flexibility index (Phi) is 32.3. The molecule has 15 aromatic rings. The number of phenols is 1. The molecule has 9 aromatic heterocycles. The van der Waals surface area contributed by atoms with E-state index < -0.39 is 0 Å². The number of allylic oxidation sites excluding steroid dienone is 2. The molecular formula is C96H104N30O12. The number of methoxy groups -OCH3 is 3. The lowest BCUT2D eigenvalue weighted by Crippen LogP contribution is -2.37. The summed E-state index contributed by atoms with van der Waals surface area (Å²) in [6.45, 7) is 12.7. The van der Waals surface area contributed by atoms with Crippen molar-refractivity contribution in [2.24, 2.45) is 20.4 Å². The van der Waals surface area contributed by atoms with Crippen molar-refractivity contribution in [1.82, 2.24) is 89.3 Å². The number of morpholine rings is 4. The predicted molar refractivity (Wildman–Crippen MR) is 524 cm³/mol. The van der Waals surface area contributed by atoms with E-state index in [0.717, 1.165) is 78.2 Å². The Labute approximate surface area is 793 Å². The first-order valence-electron chi connectivity index (χ1n) is 45.0. The molecule has 6 aromatic carbocycles. The highest BCUT2D eigenvalue weighted by atomic mass is 16.5. The lowest BCUT2D eigenvalue weighted by Gasteiger charge is -2.26. The van der Waals surface area contributed by atoms with Gasteiger partial charge in [0.25, 0.3) is 23.8 Å². The largest absolute Gasteiger partial charge is 0.504 e. The Balaban J connectivity index is 0.000000127. The van der Waals surface area contributed by atoms with Gasteiger partial charge in [-0.15, -0.1) is 0 Å². The number of imidazole rings is 1. The van der Waals surface area contributed by atoms with Gasteiger partial charge in [0.05, 0.1) is 132 Å². The number of hydrazone groups is 4. The minimum absolute atomic E-state index is 0.0960. The zero-order valence-electron chi connectivity index (χ0n) is 76.3. The first-order chi connectivity index (χ1) is 68.1. The zero-order valence-corrected chi connectivity index (χ0v) is 76.3. The molecule has 710 valence electrons. The summed E-state index contributed by atoms with van der Waals surface area (Å²) in [7, 11) is 4.75. The summed E-state index contributed by atoms with van der Waals surface area (Å²) in [6.07, 6.45) is 24.8. The van der Waals surface area contributed by atoms with E-state index in [-0.39, 0.29) is 35.7 Å². The molecule has 1 aliphatic carbocycles. The number of hydrogen-bond donors (Lipinski definition) is 8. The van der Waals surface area contributed by atoms with Crippen LogP contribution in [0.1, 0.15) is 44.6 Å². The van der Waals surface area contributed by atoms with Crippen LogP contribution in [0.5, 0.6) is 47.0 Å². The third-order valence-corrected chi connectivity index (χ3v) is 22.2. The van der Waals surface area contributed by atoms with Crippen LogP contribution in [0.3, 0.4) is 0 Å². The van der Waals surface area contributed by atoms with Crippen molar-refractivity contribution < 1.29 is 57.2 Å². The molecule has 0 saturated carbocycles. The van der Waals surface area contributed by atoms with Crippen LogP contribution in [-0.4, -0.2) is 272 Å². The summed E-state index contributed by atoms with van der Waals surface area (Å²) in [5, 5.41) is 30.4. The summed E-state index contributed by atoms with van der Waals surface area (Å²) in [4.78, 5) is 79.9. The summed E-state index contributed by atoms with van der Waals surface area (Å²) in [6, 6.07) is 50.1. The molecular weight excluding hydrogens is 1770 g/mol. The monoisotopic (exact) mass is 1870 g/mol. The molecule has 4 fully saturated rings. The van der Waals surface area contributed by atoms with Gasteiger partial charge in [-0.25, -0.2) is 26.7 Å². The molecule has 0 atom stereocenters. The second kappa shape index (κ2) is 47.8. The number of phenolic OH excluding ortho intramolecular Hbond substituents is 1. The van der Waals surface area contributed by atoms with Gasteiger partial charge >= 0.3 is 24.0 Å². The smallest absolute Gasteiger partial charge is 0.323 e. The maximum Gasteiger partial charge on any atom is 0.323 e. The van der Waals surface area contributed by atoms with E-state index in [2.05, 4.69) is 156 Å². The van der Waals surface area contributed by atoms with Crippen molar-refractivity contribution in [3.8, 4) is 47.0 Å². The standard InChI is InChI=1S/C26H29N7O4.C25H27N7O4.C23H24N8O2.C22H24N8O2/c1-34-22-8-7-18(15-23(22)35-2)9-12-37-26-30-24(29-25(31-26)33-10-13-36-14-11-33)32-28-17-19-16-27-21-6-4-3-5-20(19)21;1-34-22-14-17(6-7-21(22)33)8-11-36-25-29-23(28-24(30-25)32-9-12-35-13-10-32)31-27-16-18-15-26-20-5-3-2-4-19(18)20;1-2-7-20-19(6-1)17(15-25-20)16-26-30-21-27-22(31-10-13-32-14-11-31)29-23(28-21)33-12-8-18-5-3-4-9-24-18;1-2-4-19-17(3-1)5-6-18(19)15-24-28-20-25-21(30-10-12-31-13-11-30)27-22(26-20)32-14-9-29-8-7-23-16-29/h3-8,15-17,27H,9-14H2,1-2H3,(H,29,30,31,32);2-7,14-16,26,33H,8-13H2,1H3,(H,28,29,30,31);1-7,9,15-16,25H,8,10-14H2,(H,27,28,29,30);1-4,6-8,15-16H,5,9-14H2,(H,25,26,27,28)/b28-17+;27-16+;26-16+;24-15+. The molecule has 4 saturated heterocycles. The van der Waals surface area contributed by atoms with Gasteiger partial charge in [-0.05, 0) is 88.8 Å². The van der Waals surface area contributed by atoms with Crippen LogP contribution in [0, 0.1) is 0 Å². The minimum atomic E-state index is 0.0960. The molecule has 0 radical (unpaired) electrons. The number of aromatic nitrogens is 18. The average molecular weight is 1870 g/mol. The van der Waals surface area contributed by atoms with Crippen LogP contribution in [0.25, 0.3) is 38.3 Å². The summed E-state index contributed by atoms with van der Waals surface area (Å²) in [5.41, 5.74) is 24.2. The number of pyridine rings is 1. The highest BCUT2D eigenvalue weighted by Crippen LogP contribution is 2.32. The quantitative estimate of drug-likeness (QED) is 0.0135. The van der Waals surface area contributed by atoms with Gasteiger partial charge < -0.3 is 96.3 Å². The number of para-hydroxylation sites is 3. The highest BCUT2D eigenvalue weighted by Gasteiger charge is 2.24. The van der Waals surface area contributed by atoms with E-state index in [1.807, 2.05) is 165 Å². The molecule has 8 N–H and O–H groups in total. The highest BCUT2D eigenvalue weighted by molar-refractivity contribution is 6.12. The zero-order chi connectivity index (χ0) is 94.1. The maximum absolute atomic E-state index is 9.79. The number of fused-ring (bicyclic) bond motifs is 4. The fourth-order valence-electron chi connectivity index (χ4n) is 15.0. The third kappa shape index (κ3) is 25.9. The Morgan fingerprint density at radius 2 is 0.797 bits per heavy atom. The topological polar surface area (TPSA) is 465 Å². The Hall–Kier alpha value is -16.6. The van der Waals surface area contributed by atoms with Crippen molar-refractivity contribution >= 4 is 111 Å². The second-order valence-electron chi connectivity index (χ2n) is 31.2. The number of nitrogens with one attached hydrogen (secondary N) is 7. The van der Waals surface area contributed by atoms with E-state index in [4.69, 9.17) is 52.1 Å². The molecule has 20 rings (SSSR count). The Morgan fingerprint density at radius 3 is 1.22 bits per heavy atom. The molecule has 4 aliphatic heterocycles. The van der Waals surface area contributed by atoms with Crippen molar-refractivity contribution in [1.29, 1.82) is 0 Å². The molecule has 0 spiro atoms. The minimum Gasteiger partial charge on any atom is -0.504 e. The van der Waals surface area contributed by atoms with E-state index in [1.54, 1.807) is 69.9 Å². The molecule has 0 amide bonds. The van der Waals surface area contributed by atoms with E-state index in [1.165, 1.54) is 18.2 Å². The van der Waals surface area contributed by atoms with Crippen LogP contribution in [-0.2, 0) is 51.2 Å². The number of aromatic amines is 3. The third-order valence-electron chi connectivity index (χ3n) is 22.2. The number of ether oxygens (including phenoxy) is 11. The van der Waals surface area contributed by atoms with Crippen molar-refractivity contribution in [2.45, 2.75) is 32.2 Å². The predicted octanol–water partition coefficient (Wildman–Crippen LogP) is 10.9. The van der Waals surface area contributed by atoms with Crippen LogP contribution in [0.2, 0.25) is 0 Å². The maximum atomic E-state index is 9.79. The second-order valence-corrected chi connectivity index (χ2v) is 31.2. The summed E-state index contributed by atoms with van der Waals surface area (Å²) >= 11 is 0. The number of benzene rings is 6. The van der Waals surface area contributed by atoms with Crippen molar-refractivity contribution in [3.63, 3.8) is 0 Å². The Bertz CT molecular complexity index is 6620. The van der Waals surface area contributed by atoms with Crippen molar-refractivity contribution in [2.75, 3.05) is 194 Å². The molecule has 0 bridgehead atoms. The molecule has 42 heteroatoms. The molecule has 138 heavy (non-hydrogen) atoms. The van der Waals surface area contributed by atoms with Gasteiger partial charge in [-0.1, -0.05) is 103 Å². The first kappa shape index (κ1) is 93.2. The lowest BCUT2D eigenvalue weighted by molar-refractivity contribution is 0.121. The summed E-state index contributed by atoms with van der Waals surface area (Å²) in [5.74, 6) is 5.20. The first-order valence-corrected chi connectivity index (χ1v) is 45.0. The number of H-pyrrole nitrogens is 3. The lowest BCUT2D eigenvalue weighted by atomic mass is 10.1. The van der Waals surface area contributed by atoms with E-state index >= 15 is 0 Å². The number of anilines is 8.